The lowest BCUT2D eigenvalue weighted by molar-refractivity contribution is -0.128. The number of nitrogens with one attached hydrogen (secondary N) is 1. The van der Waals surface area contributed by atoms with Crippen LogP contribution in [0.15, 0.2) is 119 Å². The van der Waals surface area contributed by atoms with Crippen molar-refractivity contribution in [1.82, 2.24) is 5.32 Å². The van der Waals surface area contributed by atoms with Gasteiger partial charge in [-0.1, -0.05) is 88.7 Å². The van der Waals surface area contributed by atoms with Gasteiger partial charge in [0.05, 0.1) is 13.2 Å². The molecular weight excluding hydrogens is 644 g/mol. The minimum atomic E-state index is -1.27. The van der Waals surface area contributed by atoms with Crippen molar-refractivity contribution in [2.75, 3.05) is 26.4 Å². The third-order valence-electron chi connectivity index (χ3n) is 7.69. The number of hydrogen-bond donors (Lipinski definition) is 2. The third kappa shape index (κ3) is 8.24. The van der Waals surface area contributed by atoms with E-state index in [0.717, 1.165) is 32.5 Å². The fourth-order valence-corrected chi connectivity index (χ4v) is 5.63. The van der Waals surface area contributed by atoms with Gasteiger partial charge in [0.25, 0.3) is 5.91 Å². The van der Waals surface area contributed by atoms with Gasteiger partial charge in [0.2, 0.25) is 5.90 Å². The van der Waals surface area contributed by atoms with E-state index in [4.69, 9.17) is 24.3 Å². The fraction of sp³-hybridized carbons (Fsp3) is 0.263. The van der Waals surface area contributed by atoms with E-state index >= 15 is 0 Å². The first-order valence-electron chi connectivity index (χ1n) is 15.6. The summed E-state index contributed by atoms with van der Waals surface area (Å²) in [7, 11) is 0. The van der Waals surface area contributed by atoms with Crippen LogP contribution in [0.2, 0.25) is 0 Å². The Kier molecular flexibility index (Phi) is 11.6. The molecule has 0 aromatic heterocycles. The number of halogens is 1. The third-order valence-corrected chi connectivity index (χ3v) is 8.22. The molecule has 1 aliphatic rings. The quantitative estimate of drug-likeness (QED) is 0.128. The highest BCUT2D eigenvalue weighted by Gasteiger charge is 2.52. The number of ether oxygens (including phenoxy) is 3. The molecule has 46 heavy (non-hydrogen) atoms. The number of aliphatic hydroxyl groups is 1. The van der Waals surface area contributed by atoms with Gasteiger partial charge in [-0.2, -0.15) is 0 Å². The normalized spacial score (nSPS) is 17.4. The van der Waals surface area contributed by atoms with Crippen molar-refractivity contribution in [2.24, 2.45) is 4.99 Å². The van der Waals surface area contributed by atoms with E-state index in [-0.39, 0.29) is 12.5 Å². The minimum Gasteiger partial charge on any atom is -0.494 e. The summed E-state index contributed by atoms with van der Waals surface area (Å²) in [6, 6.07) is 33.2. The number of carbonyl (C=O) groups excluding carboxylic acids is 1. The zero-order chi connectivity index (χ0) is 32.2. The molecule has 2 atom stereocenters. The molecule has 1 heterocycles. The standard InChI is InChI=1S/C38H39BrN2O5/c1-2-44-34-14-7-6-13-29(34)23-25-40-37(43)38(24-8-12-28-10-4-3-5-11-28)35(30-15-19-32(39)20-16-30)46-36(41-38)31-17-21-33(22-18-31)45-27-9-26-42/h3-8,10-22,35,42H,2,9,23-27H2,1H3,(H,40,43)/b12-8+/t35-,38-/m1/s1. The zero-order valence-corrected chi connectivity index (χ0v) is 27.5. The van der Waals surface area contributed by atoms with Crippen molar-refractivity contribution in [1.29, 1.82) is 0 Å². The van der Waals surface area contributed by atoms with E-state index in [1.165, 1.54) is 0 Å². The summed E-state index contributed by atoms with van der Waals surface area (Å²) in [5, 5.41) is 12.3. The number of aliphatic imine (C=N–C) groups is 1. The molecule has 0 aliphatic carbocycles. The highest BCUT2D eigenvalue weighted by Crippen LogP contribution is 2.43. The van der Waals surface area contributed by atoms with Gasteiger partial charge in [-0.3, -0.25) is 4.79 Å². The number of rotatable bonds is 15. The maximum absolute atomic E-state index is 14.4. The Bertz CT molecular complexity index is 1620. The average molecular weight is 684 g/mol. The number of benzene rings is 4. The van der Waals surface area contributed by atoms with Crippen LogP contribution in [0.5, 0.6) is 11.5 Å². The first kappa shape index (κ1) is 33.0. The van der Waals surface area contributed by atoms with Crippen LogP contribution >= 0.6 is 15.9 Å². The van der Waals surface area contributed by atoms with Crippen LogP contribution in [0, 0.1) is 0 Å². The second kappa shape index (κ2) is 16.2. The molecule has 1 amide bonds. The van der Waals surface area contributed by atoms with Gasteiger partial charge >= 0.3 is 0 Å². The van der Waals surface area contributed by atoms with E-state index in [1.54, 1.807) is 0 Å². The molecule has 4 aromatic rings. The first-order chi connectivity index (χ1) is 22.5. The number of para-hydroxylation sites is 1. The van der Waals surface area contributed by atoms with E-state index in [0.29, 0.717) is 50.7 Å². The topological polar surface area (TPSA) is 89.4 Å². The van der Waals surface area contributed by atoms with Gasteiger partial charge in [-0.25, -0.2) is 4.99 Å². The molecule has 0 unspecified atom stereocenters. The number of hydrogen-bond acceptors (Lipinski definition) is 6. The van der Waals surface area contributed by atoms with Crippen molar-refractivity contribution >= 4 is 33.8 Å². The van der Waals surface area contributed by atoms with Crippen molar-refractivity contribution in [3.05, 3.63) is 136 Å². The summed E-state index contributed by atoms with van der Waals surface area (Å²) in [4.78, 5) is 19.5. The smallest absolute Gasteiger partial charge is 0.252 e. The zero-order valence-electron chi connectivity index (χ0n) is 25.9. The van der Waals surface area contributed by atoms with Crippen LogP contribution < -0.4 is 14.8 Å². The number of nitrogens with zero attached hydrogens (tertiary/aromatic N) is 1. The predicted molar refractivity (Wildman–Crippen MR) is 185 cm³/mol. The van der Waals surface area contributed by atoms with Crippen LogP contribution in [-0.2, 0) is 16.0 Å². The van der Waals surface area contributed by atoms with Crippen LogP contribution in [-0.4, -0.2) is 48.8 Å². The summed E-state index contributed by atoms with van der Waals surface area (Å²) < 4.78 is 19.1. The molecule has 7 nitrogen and oxygen atoms in total. The van der Waals surface area contributed by atoms with Gasteiger partial charge in [0.1, 0.15) is 11.5 Å². The molecule has 0 bridgehead atoms. The fourth-order valence-electron chi connectivity index (χ4n) is 5.36. The lowest BCUT2D eigenvalue weighted by Gasteiger charge is -2.30. The van der Waals surface area contributed by atoms with E-state index in [1.807, 2.05) is 122 Å². The average Bonchev–Trinajstić information content (AvgIpc) is 3.47. The molecule has 0 fully saturated rings. The van der Waals surface area contributed by atoms with Crippen LogP contribution in [0.3, 0.4) is 0 Å². The molecule has 0 spiro atoms. The molecule has 238 valence electrons. The van der Waals surface area contributed by atoms with Gasteiger partial charge < -0.3 is 24.6 Å². The lowest BCUT2D eigenvalue weighted by Crippen LogP contribution is -2.48. The molecule has 8 heteroatoms. The van der Waals surface area contributed by atoms with Crippen LogP contribution in [0.4, 0.5) is 0 Å². The molecule has 0 radical (unpaired) electrons. The number of aliphatic hydroxyl groups excluding tert-OH is 1. The van der Waals surface area contributed by atoms with Crippen molar-refractivity contribution in [2.45, 2.75) is 37.8 Å². The summed E-state index contributed by atoms with van der Waals surface area (Å²) in [6.45, 7) is 3.43. The second-order valence-corrected chi connectivity index (χ2v) is 11.8. The Labute approximate surface area is 279 Å². The first-order valence-corrected chi connectivity index (χ1v) is 16.4. The van der Waals surface area contributed by atoms with Gasteiger partial charge in [-0.15, -0.1) is 0 Å². The minimum absolute atomic E-state index is 0.0715. The summed E-state index contributed by atoms with van der Waals surface area (Å²) in [6.07, 6.45) is 4.81. The van der Waals surface area contributed by atoms with E-state index < -0.39 is 11.6 Å². The Hall–Kier alpha value is -4.40. The molecule has 0 saturated heterocycles. The second-order valence-electron chi connectivity index (χ2n) is 10.9. The van der Waals surface area contributed by atoms with E-state index in [9.17, 15) is 4.79 Å². The molecule has 1 aliphatic heterocycles. The SMILES string of the molecule is CCOc1ccccc1CCNC(=O)[C@]1(C/C=C/c2ccccc2)N=C(c2ccc(OCCCO)cc2)O[C@@H]1c1ccc(Br)cc1. The van der Waals surface area contributed by atoms with Crippen molar-refractivity contribution < 1.29 is 24.1 Å². The van der Waals surface area contributed by atoms with Gasteiger partial charge in [-0.05, 0) is 72.5 Å². The molecule has 5 rings (SSSR count). The van der Waals surface area contributed by atoms with Crippen molar-refractivity contribution in [3.8, 4) is 11.5 Å². The Morgan fingerprint density at radius 2 is 1.72 bits per heavy atom. The highest BCUT2D eigenvalue weighted by atomic mass is 79.9. The molecule has 0 saturated carbocycles. The van der Waals surface area contributed by atoms with Gasteiger partial charge in [0.15, 0.2) is 11.6 Å². The summed E-state index contributed by atoms with van der Waals surface area (Å²) >= 11 is 3.53. The molecule has 2 N–H and O–H groups in total. The highest BCUT2D eigenvalue weighted by molar-refractivity contribution is 9.10. The van der Waals surface area contributed by atoms with Gasteiger partial charge in [0, 0.05) is 36.0 Å². The van der Waals surface area contributed by atoms with Crippen LogP contribution in [0.1, 0.15) is 48.1 Å². The number of amides is 1. The largest absolute Gasteiger partial charge is 0.494 e. The monoisotopic (exact) mass is 682 g/mol. The maximum Gasteiger partial charge on any atom is 0.252 e. The molecular formula is C38H39BrN2O5. The lowest BCUT2D eigenvalue weighted by atomic mass is 9.84. The molecule has 4 aromatic carbocycles. The summed E-state index contributed by atoms with van der Waals surface area (Å²) in [5.41, 5.74) is 2.37. The van der Waals surface area contributed by atoms with E-state index in [2.05, 4.69) is 21.2 Å². The summed E-state index contributed by atoms with van der Waals surface area (Å²) in [5.74, 6) is 1.67. The maximum atomic E-state index is 14.4. The number of carbonyl (C=O) groups is 1. The van der Waals surface area contributed by atoms with Crippen LogP contribution in [0.25, 0.3) is 6.08 Å². The Morgan fingerprint density at radius 3 is 2.46 bits per heavy atom. The van der Waals surface area contributed by atoms with Crippen molar-refractivity contribution in [3.63, 3.8) is 0 Å². The Morgan fingerprint density at radius 1 is 0.978 bits per heavy atom. The predicted octanol–water partition coefficient (Wildman–Crippen LogP) is 7.33. The Balaban J connectivity index is 1.48.